The molecule has 0 spiro atoms. The Morgan fingerprint density at radius 3 is 2.35 bits per heavy atom. The van der Waals surface area contributed by atoms with E-state index in [2.05, 4.69) is 0 Å². The monoisotopic (exact) mass is 469 g/mol. The maximum Gasteiger partial charge on any atom is 0.295 e. The van der Waals surface area contributed by atoms with Crippen molar-refractivity contribution in [3.63, 3.8) is 0 Å². The van der Waals surface area contributed by atoms with Crippen LogP contribution < -0.4 is 14.2 Å². The van der Waals surface area contributed by atoms with Gasteiger partial charge in [0, 0.05) is 19.2 Å². The van der Waals surface area contributed by atoms with Crippen LogP contribution in [0.25, 0.3) is 5.76 Å². The first-order valence-electron chi connectivity index (χ1n) is 11.2. The molecule has 1 N–H and O–H groups in total. The number of ketones is 1. The van der Waals surface area contributed by atoms with Crippen molar-refractivity contribution in [3.05, 3.63) is 59.2 Å². The first-order chi connectivity index (χ1) is 16.3. The zero-order valence-corrected chi connectivity index (χ0v) is 20.2. The van der Waals surface area contributed by atoms with Crippen LogP contribution in [0.5, 0.6) is 17.2 Å². The lowest BCUT2D eigenvalue weighted by atomic mass is 9.95. The average molecular weight is 470 g/mol. The molecule has 1 amide bonds. The summed E-state index contributed by atoms with van der Waals surface area (Å²) in [5, 5.41) is 11.1. The summed E-state index contributed by atoms with van der Waals surface area (Å²) in [6, 6.07) is 11.1. The van der Waals surface area contributed by atoms with E-state index in [1.54, 1.807) is 49.6 Å². The zero-order chi connectivity index (χ0) is 24.8. The lowest BCUT2D eigenvalue weighted by Crippen LogP contribution is -2.32. The Bertz CT molecular complexity index is 1060. The Morgan fingerprint density at radius 1 is 1.06 bits per heavy atom. The zero-order valence-electron chi connectivity index (χ0n) is 20.2. The molecule has 1 saturated heterocycles. The molecule has 0 bridgehead atoms. The molecule has 1 fully saturated rings. The van der Waals surface area contributed by atoms with Gasteiger partial charge >= 0.3 is 0 Å². The highest BCUT2D eigenvalue weighted by atomic mass is 16.5. The number of methoxy groups -OCH3 is 2. The highest BCUT2D eigenvalue weighted by Gasteiger charge is 2.46. The van der Waals surface area contributed by atoms with Crippen molar-refractivity contribution in [1.82, 2.24) is 4.90 Å². The van der Waals surface area contributed by atoms with Crippen molar-refractivity contribution in [2.75, 3.05) is 34.0 Å². The molecule has 8 heteroatoms. The second-order valence-corrected chi connectivity index (χ2v) is 8.02. The van der Waals surface area contributed by atoms with E-state index >= 15 is 0 Å². The number of likely N-dealkylation sites (tertiary alicyclic amines) is 1. The van der Waals surface area contributed by atoms with Crippen LogP contribution >= 0.6 is 0 Å². The SMILES string of the molecule is CCOc1cc(C2/C(=C(/O)c3ccc(OC)cc3)C(=O)C(=O)N2CCOC)ccc1OC(C)C. The van der Waals surface area contributed by atoms with Crippen LogP contribution in [0.15, 0.2) is 48.0 Å². The van der Waals surface area contributed by atoms with Crippen LogP contribution in [0.1, 0.15) is 37.9 Å². The normalized spacial score (nSPS) is 17.4. The predicted molar refractivity (Wildman–Crippen MR) is 127 cm³/mol. The molecule has 182 valence electrons. The van der Waals surface area contributed by atoms with Gasteiger partial charge in [-0.1, -0.05) is 6.07 Å². The smallest absolute Gasteiger partial charge is 0.295 e. The minimum absolute atomic E-state index is 0.00578. The van der Waals surface area contributed by atoms with Crippen LogP contribution in [-0.4, -0.2) is 61.8 Å². The van der Waals surface area contributed by atoms with Gasteiger partial charge < -0.3 is 29.0 Å². The van der Waals surface area contributed by atoms with E-state index in [4.69, 9.17) is 18.9 Å². The van der Waals surface area contributed by atoms with Crippen molar-refractivity contribution in [3.8, 4) is 17.2 Å². The van der Waals surface area contributed by atoms with Gasteiger partial charge in [-0.15, -0.1) is 0 Å². The number of nitrogens with zero attached hydrogens (tertiary/aromatic N) is 1. The van der Waals surface area contributed by atoms with Crippen LogP contribution in [0, 0.1) is 0 Å². The van der Waals surface area contributed by atoms with E-state index < -0.39 is 17.7 Å². The summed E-state index contributed by atoms with van der Waals surface area (Å²) in [5.41, 5.74) is 1.02. The lowest BCUT2D eigenvalue weighted by Gasteiger charge is -2.26. The van der Waals surface area contributed by atoms with Crippen LogP contribution in [0.3, 0.4) is 0 Å². The molecule has 3 rings (SSSR count). The van der Waals surface area contributed by atoms with Gasteiger partial charge in [0.05, 0.1) is 38.0 Å². The molecular weight excluding hydrogens is 438 g/mol. The summed E-state index contributed by atoms with van der Waals surface area (Å²) in [6.07, 6.45) is -0.0625. The molecule has 0 aliphatic carbocycles. The topological polar surface area (TPSA) is 94.5 Å². The number of carbonyl (C=O) groups is 2. The highest BCUT2D eigenvalue weighted by molar-refractivity contribution is 6.46. The predicted octanol–water partition coefficient (Wildman–Crippen LogP) is 3.95. The molecule has 0 saturated carbocycles. The summed E-state index contributed by atoms with van der Waals surface area (Å²) in [4.78, 5) is 27.5. The van der Waals surface area contributed by atoms with E-state index in [0.29, 0.717) is 35.0 Å². The molecule has 1 aliphatic heterocycles. The number of benzene rings is 2. The minimum Gasteiger partial charge on any atom is -0.507 e. The standard InChI is InChI=1S/C26H31NO7/c1-6-33-21-15-18(9-12-20(21)34-16(2)3)23-22(25(29)26(30)27(23)13-14-31-4)24(28)17-7-10-19(32-5)11-8-17/h7-12,15-16,23,28H,6,13-14H2,1-5H3/b24-22-. The molecule has 2 aromatic carbocycles. The molecule has 0 aromatic heterocycles. The second kappa shape index (κ2) is 11.1. The quantitative estimate of drug-likeness (QED) is 0.320. The number of amides is 1. The van der Waals surface area contributed by atoms with Crippen molar-refractivity contribution >= 4 is 17.4 Å². The fraction of sp³-hybridized carbons (Fsp3) is 0.385. The summed E-state index contributed by atoms with van der Waals surface area (Å²) in [5.74, 6) is -0.0466. The first kappa shape index (κ1) is 25.1. The van der Waals surface area contributed by atoms with E-state index in [0.717, 1.165) is 0 Å². The van der Waals surface area contributed by atoms with Gasteiger partial charge in [0.2, 0.25) is 0 Å². The van der Waals surface area contributed by atoms with Crippen molar-refractivity contribution in [2.45, 2.75) is 32.9 Å². The van der Waals surface area contributed by atoms with E-state index in [1.165, 1.54) is 12.0 Å². The molecule has 8 nitrogen and oxygen atoms in total. The maximum atomic E-state index is 13.1. The lowest BCUT2D eigenvalue weighted by molar-refractivity contribution is -0.140. The molecule has 34 heavy (non-hydrogen) atoms. The largest absolute Gasteiger partial charge is 0.507 e. The fourth-order valence-corrected chi connectivity index (χ4v) is 3.87. The Kier molecular flexibility index (Phi) is 8.17. The Balaban J connectivity index is 2.16. The Hall–Kier alpha value is -3.52. The van der Waals surface area contributed by atoms with Crippen LogP contribution in [-0.2, 0) is 14.3 Å². The molecule has 1 heterocycles. The summed E-state index contributed by atoms with van der Waals surface area (Å²) < 4.78 is 22.0. The number of rotatable bonds is 10. The van der Waals surface area contributed by atoms with Crippen molar-refractivity contribution in [2.24, 2.45) is 0 Å². The van der Waals surface area contributed by atoms with Gasteiger partial charge in [0.15, 0.2) is 11.5 Å². The minimum atomic E-state index is -0.815. The van der Waals surface area contributed by atoms with E-state index in [9.17, 15) is 14.7 Å². The second-order valence-electron chi connectivity index (χ2n) is 8.02. The summed E-state index contributed by atoms with van der Waals surface area (Å²) >= 11 is 0. The highest BCUT2D eigenvalue weighted by Crippen LogP contribution is 2.42. The number of ether oxygens (including phenoxy) is 4. The average Bonchev–Trinajstić information content (AvgIpc) is 3.08. The van der Waals surface area contributed by atoms with E-state index in [-0.39, 0.29) is 30.6 Å². The third-order valence-electron chi connectivity index (χ3n) is 5.39. The Labute approximate surface area is 199 Å². The van der Waals surface area contributed by atoms with Crippen LogP contribution in [0.2, 0.25) is 0 Å². The van der Waals surface area contributed by atoms with Gasteiger partial charge in [-0.3, -0.25) is 9.59 Å². The number of carbonyl (C=O) groups excluding carboxylic acids is 2. The summed E-state index contributed by atoms with van der Waals surface area (Å²) in [6.45, 7) is 6.52. The van der Waals surface area contributed by atoms with Crippen molar-refractivity contribution < 1.29 is 33.6 Å². The third-order valence-corrected chi connectivity index (χ3v) is 5.39. The number of Topliss-reactive ketones (excluding diaryl/α,β-unsaturated/α-hetero) is 1. The molecule has 2 aromatic rings. The number of hydrogen-bond acceptors (Lipinski definition) is 7. The van der Waals surface area contributed by atoms with Gasteiger partial charge in [-0.2, -0.15) is 0 Å². The molecule has 1 atom stereocenters. The van der Waals surface area contributed by atoms with Crippen molar-refractivity contribution in [1.29, 1.82) is 0 Å². The molecule has 0 radical (unpaired) electrons. The van der Waals surface area contributed by atoms with Crippen LogP contribution in [0.4, 0.5) is 0 Å². The molecule has 1 aliphatic rings. The number of aliphatic hydroxyl groups is 1. The third kappa shape index (κ3) is 5.17. The van der Waals surface area contributed by atoms with E-state index in [1.807, 2.05) is 20.8 Å². The van der Waals surface area contributed by atoms with Gasteiger partial charge in [0.25, 0.3) is 11.7 Å². The van der Waals surface area contributed by atoms with Gasteiger partial charge in [-0.05, 0) is 62.7 Å². The molecule has 1 unspecified atom stereocenters. The van der Waals surface area contributed by atoms with Gasteiger partial charge in [-0.25, -0.2) is 0 Å². The van der Waals surface area contributed by atoms with Gasteiger partial charge in [0.1, 0.15) is 11.5 Å². The molecular formula is C26H31NO7. The Morgan fingerprint density at radius 2 is 1.76 bits per heavy atom. The fourth-order valence-electron chi connectivity index (χ4n) is 3.87. The maximum absolute atomic E-state index is 13.1. The first-order valence-corrected chi connectivity index (χ1v) is 11.2. The number of hydrogen-bond donors (Lipinski definition) is 1. The summed E-state index contributed by atoms with van der Waals surface area (Å²) in [7, 11) is 3.06. The number of aliphatic hydroxyl groups excluding tert-OH is 1.